The third-order valence-electron chi connectivity index (χ3n) is 2.11. The van der Waals surface area contributed by atoms with Gasteiger partial charge in [-0.25, -0.2) is 4.98 Å². The van der Waals surface area contributed by atoms with Crippen molar-refractivity contribution in [2.24, 2.45) is 0 Å². The molecule has 0 radical (unpaired) electrons. The number of carbonyl (C=O) groups is 1. The first kappa shape index (κ1) is 13.7. The Balaban J connectivity index is 2.82. The molecule has 0 atom stereocenters. The summed E-state index contributed by atoms with van der Waals surface area (Å²) in [6.45, 7) is 0.220. The van der Waals surface area contributed by atoms with Crippen LogP contribution < -0.4 is 9.64 Å². The fourth-order valence-corrected chi connectivity index (χ4v) is 1.44. The molecule has 1 aromatic rings. The highest BCUT2D eigenvalue weighted by molar-refractivity contribution is 9.10. The molecule has 0 aliphatic rings. The summed E-state index contributed by atoms with van der Waals surface area (Å²) in [5, 5.41) is 0. The van der Waals surface area contributed by atoms with Gasteiger partial charge in [0, 0.05) is 21.1 Å². The zero-order valence-corrected chi connectivity index (χ0v) is 11.9. The molecule has 7 heteroatoms. The van der Waals surface area contributed by atoms with Gasteiger partial charge in [0.05, 0.1) is 24.3 Å². The molecule has 0 saturated carbocycles. The third-order valence-corrected chi connectivity index (χ3v) is 2.65. The Labute approximate surface area is 109 Å². The Bertz CT molecular complexity index is 411. The molecule has 1 heterocycles. The number of ether oxygens (including phenoxy) is 1. The van der Waals surface area contributed by atoms with Crippen LogP contribution in [0.2, 0.25) is 0 Å². The standard InChI is InChI=1S/C10H15BrN4O2/c1-14(2)8(16)6-15(3)10-12-5-7(11)9(13-10)17-4/h5H,6H2,1-4H3. The summed E-state index contributed by atoms with van der Waals surface area (Å²) in [5.74, 6) is 0.873. The molecule has 0 aliphatic heterocycles. The number of methoxy groups -OCH3 is 1. The van der Waals surface area contributed by atoms with Crippen LogP contribution in [-0.4, -0.2) is 55.6 Å². The molecular weight excluding hydrogens is 288 g/mol. The van der Waals surface area contributed by atoms with Crippen LogP contribution in [0, 0.1) is 0 Å². The topological polar surface area (TPSA) is 58.6 Å². The van der Waals surface area contributed by atoms with Gasteiger partial charge in [-0.15, -0.1) is 0 Å². The van der Waals surface area contributed by atoms with Crippen LogP contribution >= 0.6 is 15.9 Å². The first-order valence-corrected chi connectivity index (χ1v) is 5.72. The van der Waals surface area contributed by atoms with E-state index in [4.69, 9.17) is 4.74 Å². The van der Waals surface area contributed by atoms with Gasteiger partial charge in [-0.3, -0.25) is 4.79 Å². The number of aromatic nitrogens is 2. The van der Waals surface area contributed by atoms with Crippen molar-refractivity contribution >= 4 is 27.8 Å². The fraction of sp³-hybridized carbons (Fsp3) is 0.500. The van der Waals surface area contributed by atoms with Crippen molar-refractivity contribution in [3.05, 3.63) is 10.7 Å². The summed E-state index contributed by atoms with van der Waals surface area (Å²) in [7, 11) is 6.70. The lowest BCUT2D eigenvalue weighted by molar-refractivity contribution is -0.127. The second-order valence-electron chi connectivity index (χ2n) is 3.67. The van der Waals surface area contributed by atoms with Crippen molar-refractivity contribution in [1.82, 2.24) is 14.9 Å². The van der Waals surface area contributed by atoms with Crippen molar-refractivity contribution in [1.29, 1.82) is 0 Å². The SMILES string of the molecule is COc1nc(N(C)CC(=O)N(C)C)ncc1Br. The number of hydrogen-bond acceptors (Lipinski definition) is 5. The summed E-state index contributed by atoms with van der Waals surface area (Å²) in [6.07, 6.45) is 1.60. The molecule has 0 aliphatic carbocycles. The van der Waals surface area contributed by atoms with Crippen LogP contribution in [0.1, 0.15) is 0 Å². The molecule has 17 heavy (non-hydrogen) atoms. The van der Waals surface area contributed by atoms with E-state index in [1.54, 1.807) is 32.2 Å². The lowest BCUT2D eigenvalue weighted by Gasteiger charge is -2.19. The summed E-state index contributed by atoms with van der Waals surface area (Å²) >= 11 is 3.27. The molecular formula is C10H15BrN4O2. The minimum absolute atomic E-state index is 0.0158. The van der Waals surface area contributed by atoms with Gasteiger partial charge in [0.15, 0.2) is 0 Å². The zero-order valence-electron chi connectivity index (χ0n) is 10.3. The van der Waals surface area contributed by atoms with Gasteiger partial charge in [0.25, 0.3) is 0 Å². The Morgan fingerprint density at radius 2 is 2.12 bits per heavy atom. The van der Waals surface area contributed by atoms with E-state index >= 15 is 0 Å². The van der Waals surface area contributed by atoms with Crippen LogP contribution in [0.3, 0.4) is 0 Å². The van der Waals surface area contributed by atoms with E-state index in [9.17, 15) is 4.79 Å². The van der Waals surface area contributed by atoms with E-state index in [-0.39, 0.29) is 12.5 Å². The number of carbonyl (C=O) groups excluding carboxylic acids is 1. The van der Waals surface area contributed by atoms with Gasteiger partial charge in [-0.1, -0.05) is 0 Å². The molecule has 1 amide bonds. The maximum absolute atomic E-state index is 11.5. The molecule has 0 bridgehead atoms. The molecule has 0 fully saturated rings. The van der Waals surface area contributed by atoms with Crippen LogP contribution in [0.4, 0.5) is 5.95 Å². The predicted octanol–water partition coefficient (Wildman–Crippen LogP) is 0.772. The maximum atomic E-state index is 11.5. The van der Waals surface area contributed by atoms with Crippen LogP contribution in [-0.2, 0) is 4.79 Å². The minimum atomic E-state index is -0.0158. The molecule has 1 rings (SSSR count). The van der Waals surface area contributed by atoms with E-state index in [0.29, 0.717) is 16.3 Å². The van der Waals surface area contributed by atoms with E-state index in [1.165, 1.54) is 12.0 Å². The highest BCUT2D eigenvalue weighted by Gasteiger charge is 2.13. The Kier molecular flexibility index (Phi) is 4.68. The number of nitrogens with zero attached hydrogens (tertiary/aromatic N) is 4. The quantitative estimate of drug-likeness (QED) is 0.822. The normalized spacial score (nSPS) is 9.94. The van der Waals surface area contributed by atoms with Crippen LogP contribution in [0.15, 0.2) is 10.7 Å². The second-order valence-corrected chi connectivity index (χ2v) is 4.53. The van der Waals surface area contributed by atoms with Gasteiger partial charge in [0.2, 0.25) is 17.7 Å². The lowest BCUT2D eigenvalue weighted by atomic mass is 10.5. The maximum Gasteiger partial charge on any atom is 0.241 e. The molecule has 94 valence electrons. The lowest BCUT2D eigenvalue weighted by Crippen LogP contribution is -2.35. The Morgan fingerprint density at radius 3 is 2.65 bits per heavy atom. The number of likely N-dealkylation sites (N-methyl/N-ethyl adjacent to an activating group) is 2. The number of hydrogen-bond donors (Lipinski definition) is 0. The zero-order chi connectivity index (χ0) is 13.0. The highest BCUT2D eigenvalue weighted by atomic mass is 79.9. The summed E-state index contributed by atoms with van der Waals surface area (Å²) in [6, 6.07) is 0. The van der Waals surface area contributed by atoms with Gasteiger partial charge in [0.1, 0.15) is 0 Å². The Morgan fingerprint density at radius 1 is 1.47 bits per heavy atom. The van der Waals surface area contributed by atoms with E-state index < -0.39 is 0 Å². The number of halogens is 1. The van der Waals surface area contributed by atoms with E-state index in [1.807, 2.05) is 0 Å². The van der Waals surface area contributed by atoms with Crippen molar-refractivity contribution in [3.8, 4) is 5.88 Å². The number of anilines is 1. The van der Waals surface area contributed by atoms with Gasteiger partial charge >= 0.3 is 0 Å². The molecule has 1 aromatic heterocycles. The molecule has 0 unspecified atom stereocenters. The first-order valence-electron chi connectivity index (χ1n) is 4.93. The largest absolute Gasteiger partial charge is 0.480 e. The third kappa shape index (κ3) is 3.55. The first-order chi connectivity index (χ1) is 7.95. The molecule has 0 spiro atoms. The highest BCUT2D eigenvalue weighted by Crippen LogP contribution is 2.22. The molecule has 0 saturated heterocycles. The Hall–Kier alpha value is -1.37. The van der Waals surface area contributed by atoms with Crippen LogP contribution in [0.25, 0.3) is 0 Å². The second kappa shape index (κ2) is 5.81. The smallest absolute Gasteiger partial charge is 0.241 e. The molecule has 6 nitrogen and oxygen atoms in total. The summed E-state index contributed by atoms with van der Waals surface area (Å²) in [5.41, 5.74) is 0. The number of amides is 1. The molecule has 0 N–H and O–H groups in total. The average molecular weight is 303 g/mol. The average Bonchev–Trinajstić information content (AvgIpc) is 2.29. The minimum Gasteiger partial charge on any atom is -0.480 e. The van der Waals surface area contributed by atoms with Gasteiger partial charge in [-0.2, -0.15) is 4.98 Å². The fourth-order valence-electron chi connectivity index (χ4n) is 1.08. The number of rotatable bonds is 4. The van der Waals surface area contributed by atoms with E-state index in [2.05, 4.69) is 25.9 Å². The van der Waals surface area contributed by atoms with Gasteiger partial charge < -0.3 is 14.5 Å². The van der Waals surface area contributed by atoms with Crippen molar-refractivity contribution in [2.75, 3.05) is 39.7 Å². The summed E-state index contributed by atoms with van der Waals surface area (Å²) in [4.78, 5) is 23.0. The van der Waals surface area contributed by atoms with Crippen molar-refractivity contribution in [3.63, 3.8) is 0 Å². The van der Waals surface area contributed by atoms with Crippen molar-refractivity contribution in [2.45, 2.75) is 0 Å². The monoisotopic (exact) mass is 302 g/mol. The van der Waals surface area contributed by atoms with E-state index in [0.717, 1.165) is 0 Å². The van der Waals surface area contributed by atoms with Crippen LogP contribution in [0.5, 0.6) is 5.88 Å². The van der Waals surface area contributed by atoms with Gasteiger partial charge in [-0.05, 0) is 15.9 Å². The van der Waals surface area contributed by atoms with Crippen molar-refractivity contribution < 1.29 is 9.53 Å². The molecule has 0 aromatic carbocycles. The predicted molar refractivity (Wildman–Crippen MR) is 68.2 cm³/mol. The summed E-state index contributed by atoms with van der Waals surface area (Å²) < 4.78 is 5.75.